The van der Waals surface area contributed by atoms with E-state index in [0.29, 0.717) is 44.2 Å². The number of ether oxygens (including phenoxy) is 2. The first-order valence-electron chi connectivity index (χ1n) is 10.7. The summed E-state index contributed by atoms with van der Waals surface area (Å²) in [6.07, 6.45) is 1.57. The van der Waals surface area contributed by atoms with Crippen LogP contribution >= 0.6 is 23.1 Å². The topological polar surface area (TPSA) is 110 Å². The zero-order chi connectivity index (χ0) is 23.8. The Morgan fingerprint density at radius 2 is 1.88 bits per heavy atom. The normalized spacial score (nSPS) is 13.6. The van der Waals surface area contributed by atoms with Crippen molar-refractivity contribution >= 4 is 40.0 Å². The summed E-state index contributed by atoms with van der Waals surface area (Å²) in [4.78, 5) is 28.4. The number of carbonyl (C=O) groups excluding carboxylic acids is 2. The van der Waals surface area contributed by atoms with Crippen molar-refractivity contribution in [1.29, 1.82) is 0 Å². The van der Waals surface area contributed by atoms with Gasteiger partial charge >= 0.3 is 0 Å². The molecule has 2 amide bonds. The Labute approximate surface area is 205 Å². The van der Waals surface area contributed by atoms with Gasteiger partial charge in [0.25, 0.3) is 5.91 Å². The minimum Gasteiger partial charge on any atom is -0.497 e. The van der Waals surface area contributed by atoms with Crippen LogP contribution in [-0.4, -0.2) is 72.6 Å². The van der Waals surface area contributed by atoms with E-state index >= 15 is 0 Å². The number of rotatable bonds is 10. The number of aromatic nitrogens is 2. The van der Waals surface area contributed by atoms with E-state index in [4.69, 9.17) is 13.9 Å². The smallest absolute Gasteiger partial charge is 0.260 e. The molecule has 34 heavy (non-hydrogen) atoms. The quantitative estimate of drug-likeness (QED) is 0.417. The van der Waals surface area contributed by atoms with E-state index < -0.39 is 0 Å². The number of benzene rings is 1. The van der Waals surface area contributed by atoms with Crippen molar-refractivity contribution in [3.05, 3.63) is 48.4 Å². The molecule has 1 aliphatic rings. The van der Waals surface area contributed by atoms with Gasteiger partial charge in [-0.25, -0.2) is 0 Å². The highest BCUT2D eigenvalue weighted by Gasteiger charge is 2.24. The molecule has 3 heterocycles. The third-order valence-corrected chi connectivity index (χ3v) is 7.20. The molecule has 12 heteroatoms. The van der Waals surface area contributed by atoms with Crippen LogP contribution in [-0.2, 0) is 16.1 Å². The van der Waals surface area contributed by atoms with Gasteiger partial charge in [0.1, 0.15) is 17.3 Å². The SMILES string of the molecule is COc1ccc(OCC(=O)N2CCN(c3nnc(SCC(=O)NCc4ccco4)s3)CC2)cc1. The predicted octanol–water partition coefficient (Wildman–Crippen LogP) is 2.28. The first kappa shape index (κ1) is 23.9. The minimum absolute atomic E-state index is 0.00604. The Balaban J connectivity index is 1.16. The summed E-state index contributed by atoms with van der Waals surface area (Å²) in [7, 11) is 1.60. The zero-order valence-electron chi connectivity index (χ0n) is 18.6. The highest BCUT2D eigenvalue weighted by Crippen LogP contribution is 2.28. The average molecular weight is 504 g/mol. The third-order valence-electron chi connectivity index (χ3n) is 5.09. The Morgan fingerprint density at radius 1 is 1.12 bits per heavy atom. The molecule has 0 atom stereocenters. The maximum Gasteiger partial charge on any atom is 0.260 e. The van der Waals surface area contributed by atoms with Gasteiger partial charge in [-0.05, 0) is 36.4 Å². The summed E-state index contributed by atoms with van der Waals surface area (Å²) in [6, 6.07) is 10.7. The van der Waals surface area contributed by atoms with Crippen LogP contribution in [0.4, 0.5) is 5.13 Å². The average Bonchev–Trinajstić information content (AvgIpc) is 3.58. The summed E-state index contributed by atoms with van der Waals surface area (Å²) in [6.45, 7) is 2.86. The van der Waals surface area contributed by atoms with Gasteiger partial charge in [-0.2, -0.15) is 0 Å². The Bertz CT molecular complexity index is 1070. The van der Waals surface area contributed by atoms with Crippen molar-refractivity contribution in [3.63, 3.8) is 0 Å². The van der Waals surface area contributed by atoms with Crippen molar-refractivity contribution in [2.75, 3.05) is 50.5 Å². The number of nitrogens with zero attached hydrogens (tertiary/aromatic N) is 4. The van der Waals surface area contributed by atoms with Crippen molar-refractivity contribution in [3.8, 4) is 11.5 Å². The Hall–Kier alpha value is -3.25. The van der Waals surface area contributed by atoms with E-state index in [1.807, 2.05) is 6.07 Å². The molecule has 3 aromatic rings. The molecule has 1 aromatic carbocycles. The monoisotopic (exact) mass is 503 g/mol. The van der Waals surface area contributed by atoms with Crippen LogP contribution < -0.4 is 19.7 Å². The van der Waals surface area contributed by atoms with Gasteiger partial charge in [0, 0.05) is 26.2 Å². The highest BCUT2D eigenvalue weighted by molar-refractivity contribution is 8.01. The molecule has 1 N–H and O–H groups in total. The van der Waals surface area contributed by atoms with Crippen molar-refractivity contribution in [2.24, 2.45) is 0 Å². The second-order valence-corrected chi connectivity index (χ2v) is 9.51. The van der Waals surface area contributed by atoms with Crippen LogP contribution in [0.1, 0.15) is 5.76 Å². The third kappa shape index (κ3) is 6.64. The van der Waals surface area contributed by atoms with Gasteiger partial charge in [0.15, 0.2) is 10.9 Å². The second kappa shape index (κ2) is 11.7. The molecule has 180 valence electrons. The molecule has 0 unspecified atom stereocenters. The van der Waals surface area contributed by atoms with E-state index in [2.05, 4.69) is 20.4 Å². The summed E-state index contributed by atoms with van der Waals surface area (Å²) in [5.41, 5.74) is 0. The van der Waals surface area contributed by atoms with Gasteiger partial charge < -0.3 is 29.0 Å². The maximum absolute atomic E-state index is 12.5. The Kier molecular flexibility index (Phi) is 8.26. The summed E-state index contributed by atoms with van der Waals surface area (Å²) < 4.78 is 16.6. The van der Waals surface area contributed by atoms with Crippen LogP contribution in [0.2, 0.25) is 0 Å². The lowest BCUT2D eigenvalue weighted by molar-refractivity contribution is -0.133. The van der Waals surface area contributed by atoms with Crippen molar-refractivity contribution < 1.29 is 23.5 Å². The van der Waals surface area contributed by atoms with E-state index in [9.17, 15) is 9.59 Å². The largest absolute Gasteiger partial charge is 0.497 e. The van der Waals surface area contributed by atoms with Gasteiger partial charge in [-0.3, -0.25) is 9.59 Å². The molecule has 0 radical (unpaired) electrons. The fourth-order valence-corrected chi connectivity index (χ4v) is 4.94. The number of nitrogens with one attached hydrogen (secondary N) is 1. The predicted molar refractivity (Wildman–Crippen MR) is 128 cm³/mol. The minimum atomic E-state index is -0.0952. The lowest BCUT2D eigenvalue weighted by Crippen LogP contribution is -2.50. The Morgan fingerprint density at radius 3 is 2.59 bits per heavy atom. The summed E-state index contributed by atoms with van der Waals surface area (Å²) in [5.74, 6) is 2.18. The summed E-state index contributed by atoms with van der Waals surface area (Å²) in [5, 5.41) is 12.0. The molecule has 10 nitrogen and oxygen atoms in total. The number of thioether (sulfide) groups is 1. The molecule has 0 saturated carbocycles. The van der Waals surface area contributed by atoms with Crippen LogP contribution in [0.5, 0.6) is 11.5 Å². The first-order valence-corrected chi connectivity index (χ1v) is 12.5. The molecular weight excluding hydrogens is 478 g/mol. The molecule has 0 spiro atoms. The number of furan rings is 1. The van der Waals surface area contributed by atoms with Crippen molar-refractivity contribution in [2.45, 2.75) is 10.9 Å². The fourth-order valence-electron chi connectivity index (χ4n) is 3.22. The first-order chi connectivity index (χ1) is 16.6. The van der Waals surface area contributed by atoms with Gasteiger partial charge in [0.05, 0.1) is 25.7 Å². The van der Waals surface area contributed by atoms with Crippen molar-refractivity contribution in [1.82, 2.24) is 20.4 Å². The molecule has 0 bridgehead atoms. The molecule has 2 aromatic heterocycles. The number of amides is 2. The lowest BCUT2D eigenvalue weighted by atomic mass is 10.3. The number of carbonyl (C=O) groups is 2. The number of hydrogen-bond donors (Lipinski definition) is 1. The standard InChI is InChI=1S/C22H25N5O5S2/c1-30-16-4-6-17(7-5-16)32-14-20(29)26-8-10-27(11-9-26)21-24-25-22(34-21)33-15-19(28)23-13-18-3-2-12-31-18/h2-7,12H,8-11,13-15H2,1H3,(H,23,28). The molecule has 1 fully saturated rings. The second-order valence-electron chi connectivity index (χ2n) is 7.33. The van der Waals surface area contributed by atoms with Gasteiger partial charge in [-0.15, -0.1) is 10.2 Å². The molecule has 0 aliphatic carbocycles. The zero-order valence-corrected chi connectivity index (χ0v) is 20.3. The van der Waals surface area contributed by atoms with E-state index in [1.54, 1.807) is 48.6 Å². The van der Waals surface area contributed by atoms with Crippen LogP contribution in [0.25, 0.3) is 0 Å². The van der Waals surface area contributed by atoms with Crippen LogP contribution in [0, 0.1) is 0 Å². The van der Waals surface area contributed by atoms with Gasteiger partial charge in [0.2, 0.25) is 11.0 Å². The lowest BCUT2D eigenvalue weighted by Gasteiger charge is -2.34. The molecular formula is C22H25N5O5S2. The van der Waals surface area contributed by atoms with Crippen LogP contribution in [0.15, 0.2) is 51.4 Å². The van der Waals surface area contributed by atoms with Crippen LogP contribution in [0.3, 0.4) is 0 Å². The fraction of sp³-hybridized carbons (Fsp3) is 0.364. The maximum atomic E-state index is 12.5. The number of methoxy groups -OCH3 is 1. The van der Waals surface area contributed by atoms with E-state index in [0.717, 1.165) is 15.2 Å². The number of piperazine rings is 1. The highest BCUT2D eigenvalue weighted by atomic mass is 32.2. The van der Waals surface area contributed by atoms with E-state index in [1.165, 1.54) is 23.1 Å². The molecule has 1 aliphatic heterocycles. The van der Waals surface area contributed by atoms with E-state index in [-0.39, 0.29) is 24.2 Å². The van der Waals surface area contributed by atoms with Gasteiger partial charge in [-0.1, -0.05) is 23.1 Å². The molecule has 1 saturated heterocycles. The number of hydrogen-bond acceptors (Lipinski definition) is 10. The molecule has 4 rings (SSSR count). The number of anilines is 1. The summed E-state index contributed by atoms with van der Waals surface area (Å²) >= 11 is 2.80.